The Morgan fingerprint density at radius 2 is 1.89 bits per heavy atom. The monoisotopic (exact) mass is 411 g/mol. The van der Waals surface area contributed by atoms with Crippen LogP contribution in [0.15, 0.2) is 63.6 Å². The second-order valence-electron chi connectivity index (χ2n) is 5.94. The molecule has 0 fully saturated rings. The van der Waals surface area contributed by atoms with Crippen LogP contribution in [-0.2, 0) is 13.7 Å². The second-order valence-corrected chi connectivity index (χ2v) is 7.64. The zero-order valence-electron chi connectivity index (χ0n) is 15.3. The number of rotatable bonds is 6. The molecule has 0 atom stereocenters. The summed E-state index contributed by atoms with van der Waals surface area (Å²) in [6.07, 6.45) is 2.05. The van der Waals surface area contributed by atoms with Crippen molar-refractivity contribution in [2.75, 3.05) is 6.26 Å². The van der Waals surface area contributed by atoms with Gasteiger partial charge in [0.25, 0.3) is 5.19 Å². The van der Waals surface area contributed by atoms with E-state index in [1.807, 2.05) is 29.6 Å². The van der Waals surface area contributed by atoms with E-state index in [9.17, 15) is 4.79 Å². The van der Waals surface area contributed by atoms with Gasteiger partial charge in [-0.2, -0.15) is 9.36 Å². The van der Waals surface area contributed by atoms with Crippen molar-refractivity contribution in [1.82, 2.24) is 24.8 Å². The third-order valence-corrected chi connectivity index (χ3v) is 5.66. The summed E-state index contributed by atoms with van der Waals surface area (Å²) in [4.78, 5) is 17.9. The normalized spacial score (nSPS) is 10.9. The van der Waals surface area contributed by atoms with Crippen LogP contribution in [0.1, 0.15) is 5.56 Å². The summed E-state index contributed by atoms with van der Waals surface area (Å²) in [6.45, 7) is 0.275. The Hall–Kier alpha value is -2.91. The van der Waals surface area contributed by atoms with Gasteiger partial charge in [0.1, 0.15) is 6.61 Å². The Kier molecular flexibility index (Phi) is 5.27. The number of thiazole rings is 1. The van der Waals surface area contributed by atoms with Crippen molar-refractivity contribution < 1.29 is 4.74 Å². The van der Waals surface area contributed by atoms with Gasteiger partial charge in [-0.05, 0) is 34.9 Å². The molecule has 0 aliphatic heterocycles. The number of aromatic nitrogens is 5. The lowest BCUT2D eigenvalue weighted by molar-refractivity contribution is 0.304. The number of tetrazole rings is 1. The minimum Gasteiger partial charge on any atom is -0.465 e. The molecule has 0 saturated heterocycles. The molecule has 0 aliphatic carbocycles. The minimum absolute atomic E-state index is 0.275. The van der Waals surface area contributed by atoms with Gasteiger partial charge < -0.3 is 4.74 Å². The molecule has 0 radical (unpaired) electrons. The molecular weight excluding hydrogens is 394 g/mol. The number of benzene rings is 2. The van der Waals surface area contributed by atoms with E-state index in [1.54, 1.807) is 18.8 Å². The van der Waals surface area contributed by atoms with Crippen LogP contribution < -0.4 is 10.4 Å². The van der Waals surface area contributed by atoms with E-state index < -0.39 is 0 Å². The lowest BCUT2D eigenvalue weighted by Crippen LogP contribution is -2.23. The van der Waals surface area contributed by atoms with Crippen LogP contribution >= 0.6 is 23.1 Å². The third-order valence-electron chi connectivity index (χ3n) is 4.16. The first-order chi connectivity index (χ1) is 13.7. The molecule has 7 nitrogen and oxygen atoms in total. The van der Waals surface area contributed by atoms with Gasteiger partial charge in [-0.15, -0.1) is 11.8 Å². The second kappa shape index (κ2) is 7.99. The highest BCUT2D eigenvalue weighted by Gasteiger charge is 2.12. The Labute approximate surface area is 169 Å². The molecule has 4 aromatic rings. The molecule has 2 aromatic carbocycles. The van der Waals surface area contributed by atoms with Gasteiger partial charge in [-0.3, -0.25) is 0 Å². The number of hydrogen-bond acceptors (Lipinski definition) is 7. The van der Waals surface area contributed by atoms with Crippen LogP contribution in [0.3, 0.4) is 0 Å². The maximum Gasteiger partial charge on any atom is 0.368 e. The SMILES string of the molecule is CSc1ccc(-c2csc(OCc3ccccc3-n3nnn(C)c3=O)n2)cc1. The first-order valence-electron chi connectivity index (χ1n) is 8.46. The van der Waals surface area contributed by atoms with Gasteiger partial charge >= 0.3 is 5.69 Å². The van der Waals surface area contributed by atoms with Gasteiger partial charge in [0, 0.05) is 28.5 Å². The first-order valence-corrected chi connectivity index (χ1v) is 10.6. The highest BCUT2D eigenvalue weighted by atomic mass is 32.2. The van der Waals surface area contributed by atoms with Crippen LogP contribution in [0, 0.1) is 0 Å². The van der Waals surface area contributed by atoms with Crippen molar-refractivity contribution in [2.24, 2.45) is 7.05 Å². The predicted octanol–water partition coefficient (Wildman–Crippen LogP) is 3.39. The number of hydrogen-bond donors (Lipinski definition) is 0. The van der Waals surface area contributed by atoms with E-state index in [2.05, 4.69) is 45.9 Å². The van der Waals surface area contributed by atoms with E-state index in [-0.39, 0.29) is 12.3 Å². The summed E-state index contributed by atoms with van der Waals surface area (Å²) in [5, 5.41) is 10.2. The van der Waals surface area contributed by atoms with Crippen molar-refractivity contribution >= 4 is 23.1 Å². The van der Waals surface area contributed by atoms with Crippen LogP contribution in [0.5, 0.6) is 5.19 Å². The minimum atomic E-state index is -0.308. The summed E-state index contributed by atoms with van der Waals surface area (Å²) in [7, 11) is 1.56. The van der Waals surface area contributed by atoms with Crippen molar-refractivity contribution in [1.29, 1.82) is 0 Å². The molecule has 2 heterocycles. The molecule has 9 heteroatoms. The number of aryl methyl sites for hydroxylation is 1. The smallest absolute Gasteiger partial charge is 0.368 e. The van der Waals surface area contributed by atoms with Gasteiger partial charge in [0.15, 0.2) is 0 Å². The van der Waals surface area contributed by atoms with Crippen LogP contribution in [0.25, 0.3) is 16.9 Å². The van der Waals surface area contributed by atoms with Gasteiger partial charge in [0.2, 0.25) is 0 Å². The van der Waals surface area contributed by atoms with Crippen LogP contribution in [0.2, 0.25) is 0 Å². The first kappa shape index (κ1) is 18.5. The standard InChI is InChI=1S/C19H17N5O2S2/c1-23-19(25)24(22-21-23)17-6-4-3-5-14(17)11-26-18-20-16(12-28-18)13-7-9-15(27-2)10-8-13/h3-10,12H,11H2,1-2H3. The maximum atomic E-state index is 12.1. The Balaban J connectivity index is 1.52. The fourth-order valence-corrected chi connectivity index (χ4v) is 3.75. The molecule has 0 aliphatic rings. The molecule has 0 amide bonds. The van der Waals surface area contributed by atoms with Crippen molar-refractivity contribution in [3.8, 4) is 22.1 Å². The highest BCUT2D eigenvalue weighted by molar-refractivity contribution is 7.98. The van der Waals surface area contributed by atoms with E-state index in [0.717, 1.165) is 16.8 Å². The Morgan fingerprint density at radius 3 is 2.61 bits per heavy atom. The van der Waals surface area contributed by atoms with Crippen LogP contribution in [0.4, 0.5) is 0 Å². The molecule has 0 N–H and O–H groups in total. The average molecular weight is 412 g/mol. The molecule has 0 unspecified atom stereocenters. The Morgan fingerprint density at radius 1 is 1.11 bits per heavy atom. The topological polar surface area (TPSA) is 74.8 Å². The van der Waals surface area contributed by atoms with E-state index in [0.29, 0.717) is 10.9 Å². The van der Waals surface area contributed by atoms with E-state index in [1.165, 1.54) is 25.6 Å². The fourth-order valence-electron chi connectivity index (χ4n) is 2.66. The number of ether oxygens (including phenoxy) is 1. The zero-order valence-corrected chi connectivity index (χ0v) is 16.9. The molecule has 142 valence electrons. The quantitative estimate of drug-likeness (QED) is 0.453. The summed E-state index contributed by atoms with van der Waals surface area (Å²) < 4.78 is 8.33. The average Bonchev–Trinajstić information content (AvgIpc) is 3.34. The molecule has 0 spiro atoms. The van der Waals surface area contributed by atoms with E-state index in [4.69, 9.17) is 4.74 Å². The van der Waals surface area contributed by atoms with E-state index >= 15 is 0 Å². The number of thioether (sulfide) groups is 1. The predicted molar refractivity (Wildman–Crippen MR) is 110 cm³/mol. The largest absolute Gasteiger partial charge is 0.465 e. The van der Waals surface area contributed by atoms with Gasteiger partial charge in [-0.1, -0.05) is 41.7 Å². The van der Waals surface area contributed by atoms with Crippen molar-refractivity contribution in [3.05, 3.63) is 70.0 Å². The lowest BCUT2D eigenvalue weighted by atomic mass is 10.2. The molecular formula is C19H17N5O2S2. The summed E-state index contributed by atoms with van der Waals surface area (Å²) in [6, 6.07) is 15.7. The molecule has 0 saturated carbocycles. The van der Waals surface area contributed by atoms with Crippen molar-refractivity contribution in [2.45, 2.75) is 11.5 Å². The fraction of sp³-hybridized carbons (Fsp3) is 0.158. The van der Waals surface area contributed by atoms with Gasteiger partial charge in [-0.25, -0.2) is 9.78 Å². The highest BCUT2D eigenvalue weighted by Crippen LogP contribution is 2.28. The zero-order chi connectivity index (χ0) is 19.5. The third kappa shape index (κ3) is 3.71. The lowest BCUT2D eigenvalue weighted by Gasteiger charge is -2.08. The molecule has 0 bridgehead atoms. The van der Waals surface area contributed by atoms with Crippen LogP contribution in [-0.4, -0.2) is 31.0 Å². The summed E-state index contributed by atoms with van der Waals surface area (Å²) in [5.41, 5.74) is 3.09. The molecule has 2 aromatic heterocycles. The number of nitrogens with zero attached hydrogens (tertiary/aromatic N) is 5. The Bertz CT molecular complexity index is 1150. The van der Waals surface area contributed by atoms with Crippen molar-refractivity contribution in [3.63, 3.8) is 0 Å². The summed E-state index contributed by atoms with van der Waals surface area (Å²) in [5.74, 6) is 0. The summed E-state index contributed by atoms with van der Waals surface area (Å²) >= 11 is 3.15. The van der Waals surface area contributed by atoms with Gasteiger partial charge in [0.05, 0.1) is 11.4 Å². The molecule has 4 rings (SSSR count). The molecule has 28 heavy (non-hydrogen) atoms. The maximum absolute atomic E-state index is 12.1. The number of para-hydroxylation sites is 1.